The van der Waals surface area contributed by atoms with E-state index in [1.54, 1.807) is 0 Å². The summed E-state index contributed by atoms with van der Waals surface area (Å²) in [5.74, 6) is 0. The minimum atomic E-state index is -1.73. The van der Waals surface area contributed by atoms with Crippen LogP contribution in [0.3, 0.4) is 0 Å². The number of aliphatic hydroxyl groups excluding tert-OH is 7. The molecule has 0 bridgehead atoms. The smallest absolute Gasteiger partial charge is 0.407 e. The van der Waals surface area contributed by atoms with Gasteiger partial charge >= 0.3 is 6.09 Å². The standard InChI is InChI=1S/C26H42N2O13/c29-12-16-18(31)19(32)22(35)25(40-16)41-23-17(13-30)39-24(21(34)20(23)33)27-8-4-10-37-11-5-9-28-26(36)38-14-15-6-2-1-3-7-15/h1-3,6-7,16-25,27,29-35H,4-5,8-14H2,(H,28,36)/t16?,17?,18-,19-,20+,21?,22?,23-,24+,25-/m0/s1. The molecular weight excluding hydrogens is 548 g/mol. The average Bonchev–Trinajstić information content (AvgIpc) is 2.99. The van der Waals surface area contributed by atoms with Crippen LogP contribution in [0.15, 0.2) is 30.3 Å². The molecule has 15 nitrogen and oxygen atoms in total. The molecule has 0 aliphatic carbocycles. The third-order valence-electron chi connectivity index (χ3n) is 6.76. The van der Waals surface area contributed by atoms with E-state index in [2.05, 4.69) is 10.6 Å². The molecule has 2 saturated heterocycles. The summed E-state index contributed by atoms with van der Waals surface area (Å²) in [5, 5.41) is 76.0. The van der Waals surface area contributed by atoms with Crippen LogP contribution in [0, 0.1) is 0 Å². The number of benzene rings is 1. The number of rotatable bonds is 15. The zero-order chi connectivity index (χ0) is 29.8. The van der Waals surface area contributed by atoms with Crippen molar-refractivity contribution in [3.05, 3.63) is 35.9 Å². The molecule has 0 aromatic heterocycles. The van der Waals surface area contributed by atoms with Crippen molar-refractivity contribution >= 4 is 6.09 Å². The highest BCUT2D eigenvalue weighted by Gasteiger charge is 2.50. The van der Waals surface area contributed by atoms with E-state index in [-0.39, 0.29) is 6.61 Å². The zero-order valence-electron chi connectivity index (χ0n) is 22.6. The second-order valence-corrected chi connectivity index (χ2v) is 9.82. The Hall–Kier alpha value is -1.99. The molecule has 41 heavy (non-hydrogen) atoms. The van der Waals surface area contributed by atoms with Gasteiger partial charge in [0.25, 0.3) is 0 Å². The number of hydrogen-bond acceptors (Lipinski definition) is 14. The van der Waals surface area contributed by atoms with Crippen LogP contribution in [-0.4, -0.2) is 143 Å². The van der Waals surface area contributed by atoms with E-state index in [0.717, 1.165) is 5.56 Å². The molecule has 1 aromatic carbocycles. The molecule has 2 fully saturated rings. The monoisotopic (exact) mass is 590 g/mol. The first-order valence-electron chi connectivity index (χ1n) is 13.6. The zero-order valence-corrected chi connectivity index (χ0v) is 22.6. The number of nitrogens with one attached hydrogen (secondary N) is 2. The quantitative estimate of drug-likeness (QED) is 0.0924. The molecular formula is C26H42N2O13. The van der Waals surface area contributed by atoms with Gasteiger partial charge in [0.15, 0.2) is 6.29 Å². The van der Waals surface area contributed by atoms with Crippen LogP contribution in [0.5, 0.6) is 0 Å². The van der Waals surface area contributed by atoms with Crippen molar-refractivity contribution in [3.63, 3.8) is 0 Å². The van der Waals surface area contributed by atoms with E-state index < -0.39 is 80.7 Å². The van der Waals surface area contributed by atoms with Crippen molar-refractivity contribution in [2.75, 3.05) is 39.5 Å². The third kappa shape index (κ3) is 9.77. The van der Waals surface area contributed by atoms with Gasteiger partial charge in [-0.05, 0) is 24.9 Å². The summed E-state index contributed by atoms with van der Waals surface area (Å²) in [6.07, 6.45) is -13.8. The van der Waals surface area contributed by atoms with Gasteiger partial charge in [-0.3, -0.25) is 5.32 Å². The third-order valence-corrected chi connectivity index (χ3v) is 6.76. The number of aliphatic hydroxyl groups is 7. The molecule has 1 aromatic rings. The fourth-order valence-corrected chi connectivity index (χ4v) is 4.42. The Kier molecular flexibility index (Phi) is 14.1. The molecule has 1 amide bonds. The number of ether oxygens (including phenoxy) is 5. The summed E-state index contributed by atoms with van der Waals surface area (Å²) < 4.78 is 27.1. The molecule has 15 heteroatoms. The van der Waals surface area contributed by atoms with Gasteiger partial charge in [-0.25, -0.2) is 4.79 Å². The van der Waals surface area contributed by atoms with E-state index in [0.29, 0.717) is 39.1 Å². The predicted molar refractivity (Wildman–Crippen MR) is 139 cm³/mol. The summed E-state index contributed by atoms with van der Waals surface area (Å²) >= 11 is 0. The Morgan fingerprint density at radius 2 is 1.49 bits per heavy atom. The lowest BCUT2D eigenvalue weighted by Crippen LogP contribution is -2.66. The molecule has 2 aliphatic rings. The normalized spacial score (nSPS) is 33.8. The molecule has 9 N–H and O–H groups in total. The van der Waals surface area contributed by atoms with E-state index in [4.69, 9.17) is 23.7 Å². The Bertz CT molecular complexity index is 880. The molecule has 0 spiro atoms. The molecule has 2 aliphatic heterocycles. The molecule has 234 valence electrons. The highest BCUT2D eigenvalue weighted by atomic mass is 16.7. The lowest BCUT2D eigenvalue weighted by atomic mass is 9.96. The number of alkyl carbamates (subject to hydrolysis) is 1. The van der Waals surface area contributed by atoms with Gasteiger partial charge in [0.1, 0.15) is 61.7 Å². The first kappa shape index (κ1) is 33.5. The molecule has 2 heterocycles. The van der Waals surface area contributed by atoms with Crippen LogP contribution >= 0.6 is 0 Å². The van der Waals surface area contributed by atoms with E-state index in [1.165, 1.54) is 0 Å². The molecule has 10 atom stereocenters. The lowest BCUT2D eigenvalue weighted by molar-refractivity contribution is -0.343. The Labute approximate surface area is 237 Å². The van der Waals surface area contributed by atoms with Gasteiger partial charge in [0.05, 0.1) is 13.2 Å². The van der Waals surface area contributed by atoms with Crippen LogP contribution in [-0.2, 0) is 30.3 Å². The van der Waals surface area contributed by atoms with Crippen molar-refractivity contribution in [2.24, 2.45) is 0 Å². The Balaban J connectivity index is 1.30. The van der Waals surface area contributed by atoms with E-state index in [1.807, 2.05) is 30.3 Å². The molecule has 0 saturated carbocycles. The van der Waals surface area contributed by atoms with Gasteiger partial charge in [-0.15, -0.1) is 0 Å². The number of amides is 1. The van der Waals surface area contributed by atoms with E-state index >= 15 is 0 Å². The maximum Gasteiger partial charge on any atom is 0.407 e. The van der Waals surface area contributed by atoms with Crippen molar-refractivity contribution < 1.29 is 64.2 Å². The summed E-state index contributed by atoms with van der Waals surface area (Å²) in [5.41, 5.74) is 0.897. The first-order chi connectivity index (χ1) is 19.8. The summed E-state index contributed by atoms with van der Waals surface area (Å²) in [7, 11) is 0. The fourth-order valence-electron chi connectivity index (χ4n) is 4.42. The van der Waals surface area contributed by atoms with Crippen LogP contribution in [0.25, 0.3) is 0 Å². The van der Waals surface area contributed by atoms with Gasteiger partial charge < -0.3 is 64.7 Å². The average molecular weight is 591 g/mol. The van der Waals surface area contributed by atoms with Gasteiger partial charge in [-0.2, -0.15) is 0 Å². The predicted octanol–water partition coefficient (Wildman–Crippen LogP) is -3.08. The second-order valence-electron chi connectivity index (χ2n) is 9.82. The Morgan fingerprint density at radius 3 is 2.17 bits per heavy atom. The first-order valence-corrected chi connectivity index (χ1v) is 13.6. The molecule has 4 unspecified atom stereocenters. The van der Waals surface area contributed by atoms with Crippen LogP contribution in [0.2, 0.25) is 0 Å². The second kappa shape index (κ2) is 17.2. The van der Waals surface area contributed by atoms with Gasteiger partial charge in [-0.1, -0.05) is 30.3 Å². The minimum absolute atomic E-state index is 0.192. The van der Waals surface area contributed by atoms with Crippen molar-refractivity contribution in [3.8, 4) is 0 Å². The summed E-state index contributed by atoms with van der Waals surface area (Å²) in [6, 6.07) is 9.34. The van der Waals surface area contributed by atoms with Gasteiger partial charge in [0, 0.05) is 19.8 Å². The highest BCUT2D eigenvalue weighted by molar-refractivity contribution is 5.67. The summed E-state index contributed by atoms with van der Waals surface area (Å²) in [6.45, 7) is 0.429. The van der Waals surface area contributed by atoms with Crippen LogP contribution < -0.4 is 10.6 Å². The largest absolute Gasteiger partial charge is 0.445 e. The minimum Gasteiger partial charge on any atom is -0.445 e. The summed E-state index contributed by atoms with van der Waals surface area (Å²) in [4.78, 5) is 11.7. The number of carbonyl (C=O) groups is 1. The van der Waals surface area contributed by atoms with E-state index in [9.17, 15) is 40.5 Å². The molecule has 3 rings (SSSR count). The fraction of sp³-hybridized carbons (Fsp3) is 0.731. The topological polar surface area (TPSA) is 229 Å². The number of carbonyl (C=O) groups excluding carboxylic acids is 1. The van der Waals surface area contributed by atoms with Gasteiger partial charge in [0.2, 0.25) is 0 Å². The van der Waals surface area contributed by atoms with Crippen molar-refractivity contribution in [2.45, 2.75) is 80.8 Å². The van der Waals surface area contributed by atoms with Crippen molar-refractivity contribution in [1.29, 1.82) is 0 Å². The molecule has 0 radical (unpaired) electrons. The van der Waals surface area contributed by atoms with Crippen molar-refractivity contribution in [1.82, 2.24) is 10.6 Å². The van der Waals surface area contributed by atoms with Crippen LogP contribution in [0.4, 0.5) is 4.79 Å². The Morgan fingerprint density at radius 1 is 0.805 bits per heavy atom. The number of hydrogen-bond donors (Lipinski definition) is 9. The van der Waals surface area contributed by atoms with Crippen LogP contribution in [0.1, 0.15) is 18.4 Å². The SMILES string of the molecule is O=C(NCCCOCCCN[C@@H]1OC(CO)[C@H](O[C@@H]2OC(CO)[C@H](O)[C@H](O)C2O)[C@H](O)C1O)OCc1ccccc1. The maximum absolute atomic E-state index is 11.7. The lowest BCUT2D eigenvalue weighted by Gasteiger charge is -2.46. The highest BCUT2D eigenvalue weighted by Crippen LogP contribution is 2.28. The maximum atomic E-state index is 11.7.